The Bertz CT molecular complexity index is 1010. The third kappa shape index (κ3) is 2.79. The molecule has 3 fully saturated rings. The molecule has 0 spiro atoms. The Balaban J connectivity index is 1.53. The summed E-state index contributed by atoms with van der Waals surface area (Å²) in [6, 6.07) is 6.41. The van der Waals surface area contributed by atoms with E-state index in [0.29, 0.717) is 18.5 Å². The number of para-hydroxylation sites is 1. The number of hydrogen-bond acceptors (Lipinski definition) is 5. The van der Waals surface area contributed by atoms with Gasteiger partial charge >= 0.3 is 5.69 Å². The van der Waals surface area contributed by atoms with E-state index in [9.17, 15) is 14.4 Å². The number of carbonyl (C=O) groups excluding carboxylic acids is 2. The van der Waals surface area contributed by atoms with E-state index >= 15 is 0 Å². The Labute approximate surface area is 162 Å². The second kappa shape index (κ2) is 6.56. The third-order valence-electron chi connectivity index (χ3n) is 6.39. The van der Waals surface area contributed by atoms with Crippen LogP contribution in [0, 0.1) is 0 Å². The van der Waals surface area contributed by atoms with Gasteiger partial charge in [-0.3, -0.25) is 28.9 Å². The molecule has 28 heavy (non-hydrogen) atoms. The minimum Gasteiger partial charge on any atom is -0.309 e. The maximum atomic E-state index is 13.0. The fourth-order valence-corrected chi connectivity index (χ4v) is 5.14. The number of amides is 2. The van der Waals surface area contributed by atoms with Gasteiger partial charge in [-0.25, -0.2) is 4.79 Å². The van der Waals surface area contributed by atoms with E-state index in [1.807, 2.05) is 12.1 Å². The predicted molar refractivity (Wildman–Crippen MR) is 104 cm³/mol. The van der Waals surface area contributed by atoms with Gasteiger partial charge in [0.1, 0.15) is 6.04 Å². The van der Waals surface area contributed by atoms with Crippen molar-refractivity contribution in [1.82, 2.24) is 24.7 Å². The van der Waals surface area contributed by atoms with Crippen molar-refractivity contribution in [2.75, 3.05) is 13.1 Å². The third-order valence-corrected chi connectivity index (χ3v) is 6.39. The molecule has 2 amide bonds. The fraction of sp³-hybridized carbons (Fsp3) is 0.550. The number of benzene rings is 1. The van der Waals surface area contributed by atoms with Crippen LogP contribution in [0.2, 0.25) is 0 Å². The standard InChI is InChI=1S/C20H25N5O3/c1-23-18-12(9-24-10-13-5-6-14(11-24)21-13)3-2-4-15(18)25(20(23)28)16-7-8-17(26)22-19(16)27/h2-4,13-14,16,21H,5-11H2,1H3,(H,22,26,27). The van der Waals surface area contributed by atoms with Crippen LogP contribution < -0.4 is 16.3 Å². The molecule has 8 heteroatoms. The molecule has 8 nitrogen and oxygen atoms in total. The van der Waals surface area contributed by atoms with E-state index in [1.54, 1.807) is 16.2 Å². The molecule has 1 aromatic heterocycles. The zero-order valence-corrected chi connectivity index (χ0v) is 16.0. The molecular weight excluding hydrogens is 358 g/mol. The van der Waals surface area contributed by atoms with E-state index < -0.39 is 11.9 Å². The summed E-state index contributed by atoms with van der Waals surface area (Å²) in [5, 5.41) is 6.01. The molecule has 3 unspecified atom stereocenters. The van der Waals surface area contributed by atoms with Gasteiger partial charge in [-0.05, 0) is 30.9 Å². The Morgan fingerprint density at radius 1 is 1.07 bits per heavy atom. The molecule has 1 aromatic carbocycles. The Morgan fingerprint density at radius 3 is 2.54 bits per heavy atom. The van der Waals surface area contributed by atoms with Gasteiger partial charge in [0, 0.05) is 45.2 Å². The monoisotopic (exact) mass is 383 g/mol. The molecule has 5 rings (SSSR count). The van der Waals surface area contributed by atoms with Gasteiger partial charge in [0.25, 0.3) is 0 Å². The summed E-state index contributed by atoms with van der Waals surface area (Å²) in [6.07, 6.45) is 3.07. The molecule has 4 heterocycles. The maximum Gasteiger partial charge on any atom is 0.329 e. The van der Waals surface area contributed by atoms with Gasteiger partial charge in [0.15, 0.2) is 0 Å². The molecule has 0 saturated carbocycles. The van der Waals surface area contributed by atoms with Crippen molar-refractivity contribution in [2.45, 2.75) is 50.4 Å². The number of hydrogen-bond donors (Lipinski definition) is 2. The lowest BCUT2D eigenvalue weighted by Crippen LogP contribution is -2.50. The number of nitrogens with one attached hydrogen (secondary N) is 2. The van der Waals surface area contributed by atoms with E-state index in [2.05, 4.69) is 21.6 Å². The highest BCUT2D eigenvalue weighted by atomic mass is 16.2. The summed E-state index contributed by atoms with van der Waals surface area (Å²) in [6.45, 7) is 2.84. The van der Waals surface area contributed by atoms with E-state index in [-0.39, 0.29) is 18.0 Å². The summed E-state index contributed by atoms with van der Waals surface area (Å²) < 4.78 is 3.20. The van der Waals surface area contributed by atoms with Crippen molar-refractivity contribution in [3.63, 3.8) is 0 Å². The average molecular weight is 383 g/mol. The van der Waals surface area contributed by atoms with Gasteiger partial charge in [-0.1, -0.05) is 12.1 Å². The quantitative estimate of drug-likeness (QED) is 0.742. The number of piperazine rings is 1. The fourth-order valence-electron chi connectivity index (χ4n) is 5.14. The number of rotatable bonds is 3. The topological polar surface area (TPSA) is 88.4 Å². The second-order valence-corrected chi connectivity index (χ2v) is 8.30. The first kappa shape index (κ1) is 17.6. The molecular formula is C20H25N5O3. The predicted octanol–water partition coefficient (Wildman–Crippen LogP) is 0.254. The summed E-state index contributed by atoms with van der Waals surface area (Å²) in [4.78, 5) is 39.3. The SMILES string of the molecule is Cn1c(=O)n(C2CCC(=O)NC2=O)c2cccc(CN3CC4CCC(C3)N4)c21. The summed E-state index contributed by atoms with van der Waals surface area (Å²) >= 11 is 0. The zero-order valence-electron chi connectivity index (χ0n) is 16.0. The van der Waals surface area contributed by atoms with E-state index in [1.165, 1.54) is 12.8 Å². The van der Waals surface area contributed by atoms with Gasteiger partial charge in [0.2, 0.25) is 11.8 Å². The number of likely N-dealkylation sites (tertiary alicyclic amines) is 1. The maximum absolute atomic E-state index is 13.0. The molecule has 0 aliphatic carbocycles. The van der Waals surface area contributed by atoms with Crippen LogP contribution in [0.15, 0.2) is 23.0 Å². The lowest BCUT2D eigenvalue weighted by molar-refractivity contribution is -0.135. The van der Waals surface area contributed by atoms with Crippen molar-refractivity contribution in [1.29, 1.82) is 0 Å². The van der Waals surface area contributed by atoms with Crippen molar-refractivity contribution >= 4 is 22.8 Å². The van der Waals surface area contributed by atoms with E-state index in [4.69, 9.17) is 0 Å². The van der Waals surface area contributed by atoms with Gasteiger partial charge in [0.05, 0.1) is 11.0 Å². The molecule has 0 radical (unpaired) electrons. The summed E-state index contributed by atoms with van der Waals surface area (Å²) in [7, 11) is 1.76. The van der Waals surface area contributed by atoms with Crippen LogP contribution in [0.3, 0.4) is 0 Å². The lowest BCUT2D eigenvalue weighted by Gasteiger charge is -2.33. The number of carbonyl (C=O) groups is 2. The summed E-state index contributed by atoms with van der Waals surface area (Å²) in [5.74, 6) is -0.668. The Hall–Kier alpha value is -2.45. The minimum atomic E-state index is -0.640. The van der Waals surface area contributed by atoms with Crippen LogP contribution in [0.5, 0.6) is 0 Å². The van der Waals surface area contributed by atoms with Gasteiger partial charge < -0.3 is 5.32 Å². The number of piperidine rings is 1. The first-order valence-corrected chi connectivity index (χ1v) is 10.0. The van der Waals surface area contributed by atoms with Crippen molar-refractivity contribution < 1.29 is 9.59 Å². The minimum absolute atomic E-state index is 0.211. The highest BCUT2D eigenvalue weighted by Gasteiger charge is 2.34. The van der Waals surface area contributed by atoms with Crippen molar-refractivity contribution in [3.05, 3.63) is 34.2 Å². The molecule has 2 N–H and O–H groups in total. The van der Waals surface area contributed by atoms with Crippen LogP contribution in [-0.4, -0.2) is 51.0 Å². The van der Waals surface area contributed by atoms with E-state index in [0.717, 1.165) is 36.2 Å². The Morgan fingerprint density at radius 2 is 1.82 bits per heavy atom. The van der Waals surface area contributed by atoms with Crippen molar-refractivity contribution in [2.24, 2.45) is 7.05 Å². The first-order chi connectivity index (χ1) is 13.5. The number of nitrogens with zero attached hydrogens (tertiary/aromatic N) is 3. The van der Waals surface area contributed by atoms with Crippen LogP contribution in [0.1, 0.15) is 37.3 Å². The summed E-state index contributed by atoms with van der Waals surface area (Å²) in [5.41, 5.74) is 2.53. The van der Waals surface area contributed by atoms with Gasteiger partial charge in [-0.2, -0.15) is 0 Å². The largest absolute Gasteiger partial charge is 0.329 e. The number of aryl methyl sites for hydroxylation is 1. The number of aromatic nitrogens is 2. The lowest BCUT2D eigenvalue weighted by atomic mass is 10.1. The van der Waals surface area contributed by atoms with Crippen molar-refractivity contribution in [3.8, 4) is 0 Å². The molecule has 148 valence electrons. The molecule has 3 atom stereocenters. The zero-order chi connectivity index (χ0) is 19.4. The molecule has 2 bridgehead atoms. The normalized spacial score (nSPS) is 28.1. The van der Waals surface area contributed by atoms with Crippen LogP contribution >= 0.6 is 0 Å². The van der Waals surface area contributed by atoms with Crippen LogP contribution in [0.4, 0.5) is 0 Å². The highest BCUT2D eigenvalue weighted by molar-refractivity contribution is 6.00. The highest BCUT2D eigenvalue weighted by Crippen LogP contribution is 2.27. The Kier molecular flexibility index (Phi) is 4.13. The molecule has 3 aliphatic heterocycles. The smallest absolute Gasteiger partial charge is 0.309 e. The number of imidazole rings is 1. The molecule has 3 saturated heterocycles. The number of fused-ring (bicyclic) bond motifs is 3. The average Bonchev–Trinajstić information content (AvgIpc) is 3.13. The number of imide groups is 1. The van der Waals surface area contributed by atoms with Gasteiger partial charge in [-0.15, -0.1) is 0 Å². The second-order valence-electron chi connectivity index (χ2n) is 8.30. The van der Waals surface area contributed by atoms with Crippen LogP contribution in [0.25, 0.3) is 11.0 Å². The first-order valence-electron chi connectivity index (χ1n) is 10.0. The molecule has 2 aromatic rings. The molecule has 3 aliphatic rings. The van der Waals surface area contributed by atoms with Crippen LogP contribution in [-0.2, 0) is 23.2 Å².